The quantitative estimate of drug-likeness (QED) is 0.290. The monoisotopic (exact) mass is 684 g/mol. The summed E-state index contributed by atoms with van der Waals surface area (Å²) in [6.45, 7) is 6.20. The molecule has 254 valence electrons. The van der Waals surface area contributed by atoms with E-state index in [0.29, 0.717) is 47.7 Å². The summed E-state index contributed by atoms with van der Waals surface area (Å²) in [4.78, 5) is 24.2. The molecular weight excluding hydrogens is 649 g/mol. The summed E-state index contributed by atoms with van der Waals surface area (Å²) in [6.07, 6.45) is -8.74. The number of amides is 1. The molecule has 6 nitrogen and oxygen atoms in total. The van der Waals surface area contributed by atoms with Crippen LogP contribution in [0.2, 0.25) is 0 Å². The minimum atomic E-state index is -5.08. The number of aliphatic hydroxyl groups is 1. The van der Waals surface area contributed by atoms with E-state index in [1.165, 1.54) is 39.2 Å². The van der Waals surface area contributed by atoms with Crippen molar-refractivity contribution >= 4 is 29.2 Å². The third-order valence-electron chi connectivity index (χ3n) is 9.01. The Labute approximate surface area is 272 Å². The number of likely N-dealkylation sites (N-methyl/N-ethyl adjacent to an activating group) is 1. The Morgan fingerprint density at radius 3 is 2.21 bits per heavy atom. The van der Waals surface area contributed by atoms with Crippen LogP contribution in [0, 0.1) is 12.7 Å². The lowest BCUT2D eigenvalue weighted by Crippen LogP contribution is -2.62. The van der Waals surface area contributed by atoms with Crippen molar-refractivity contribution in [3.8, 4) is 11.1 Å². The SMILES string of the molecule is Cc1cc(F)ccc1-c1cc(N2CC3CSCCN3C[C@H]2CO)ncc1N(C)C(=O)C(C)(C)c1cc(C(F)(F)F)cc(C(F)(F)F)c1. The number of benzene rings is 2. The number of thioether (sulfide) groups is 1. The molecule has 14 heteroatoms. The van der Waals surface area contributed by atoms with E-state index >= 15 is 0 Å². The number of rotatable bonds is 6. The number of hydrogen-bond acceptors (Lipinski definition) is 6. The van der Waals surface area contributed by atoms with E-state index in [1.54, 1.807) is 19.1 Å². The molecule has 2 atom stereocenters. The second kappa shape index (κ2) is 12.9. The molecule has 1 unspecified atom stereocenters. The predicted molar refractivity (Wildman–Crippen MR) is 168 cm³/mol. The second-order valence-corrected chi connectivity index (χ2v) is 13.7. The molecule has 0 spiro atoms. The highest BCUT2D eigenvalue weighted by molar-refractivity contribution is 7.99. The van der Waals surface area contributed by atoms with Crippen LogP contribution in [0.25, 0.3) is 11.1 Å². The molecule has 3 aromatic rings. The van der Waals surface area contributed by atoms with Crippen LogP contribution in [-0.4, -0.2) is 77.8 Å². The molecule has 2 aliphatic heterocycles. The number of aliphatic hydroxyl groups excluding tert-OH is 1. The van der Waals surface area contributed by atoms with Gasteiger partial charge in [-0.2, -0.15) is 38.1 Å². The van der Waals surface area contributed by atoms with Crippen molar-refractivity contribution < 1.29 is 40.6 Å². The molecule has 0 bridgehead atoms. The highest BCUT2D eigenvalue weighted by atomic mass is 32.2. The molecule has 1 N–H and O–H groups in total. The Balaban J connectivity index is 1.59. The topological polar surface area (TPSA) is 59.9 Å². The molecule has 2 aromatic carbocycles. The maximum absolute atomic E-state index is 14.2. The lowest BCUT2D eigenvalue weighted by Gasteiger charge is -2.48. The number of halogens is 7. The molecule has 47 heavy (non-hydrogen) atoms. The Hall–Kier alpha value is -3.36. The summed E-state index contributed by atoms with van der Waals surface area (Å²) in [7, 11) is 1.37. The van der Waals surface area contributed by atoms with Gasteiger partial charge in [-0.05, 0) is 73.9 Å². The molecule has 3 heterocycles. The summed E-state index contributed by atoms with van der Waals surface area (Å²) in [5.74, 6) is 1.15. The van der Waals surface area contributed by atoms with Gasteiger partial charge >= 0.3 is 12.4 Å². The molecule has 1 aromatic heterocycles. The largest absolute Gasteiger partial charge is 0.416 e. The van der Waals surface area contributed by atoms with Crippen molar-refractivity contribution in [3.63, 3.8) is 0 Å². The fraction of sp³-hybridized carbons (Fsp3) is 0.455. The standard InChI is InChI=1S/C33H35F7N4O2S/c1-19-9-23(34)5-6-26(19)27-13-29(44-16-25-18-47-8-7-43(25)15-24(44)17-45)41-14-28(27)42(4)30(46)31(2,3)20-10-21(32(35,36)37)12-22(11-20)33(38,39)40/h5-6,9-14,24-25,45H,7-8,15-18H2,1-4H3/t24-,25?/m0/s1. The maximum atomic E-state index is 14.2. The van der Waals surface area contributed by atoms with Crippen molar-refractivity contribution in [2.75, 3.05) is 54.6 Å². The number of aryl methyl sites for hydroxylation is 1. The number of carbonyl (C=O) groups is 1. The third-order valence-corrected chi connectivity index (χ3v) is 10.1. The zero-order valence-corrected chi connectivity index (χ0v) is 27.0. The normalized spacial score (nSPS) is 19.4. The first-order chi connectivity index (χ1) is 21.9. The van der Waals surface area contributed by atoms with Crippen molar-refractivity contribution in [2.45, 2.75) is 50.6 Å². The minimum Gasteiger partial charge on any atom is -0.394 e. The van der Waals surface area contributed by atoms with Crippen molar-refractivity contribution in [1.29, 1.82) is 0 Å². The smallest absolute Gasteiger partial charge is 0.394 e. The Morgan fingerprint density at radius 2 is 1.62 bits per heavy atom. The number of aromatic nitrogens is 1. The van der Waals surface area contributed by atoms with Gasteiger partial charge in [0.2, 0.25) is 5.91 Å². The number of piperazine rings is 1. The molecule has 0 saturated carbocycles. The highest BCUT2D eigenvalue weighted by Crippen LogP contribution is 2.42. The zero-order chi connectivity index (χ0) is 34.5. The van der Waals surface area contributed by atoms with Crippen LogP contribution >= 0.6 is 11.8 Å². The average molecular weight is 685 g/mol. The molecule has 0 radical (unpaired) electrons. The Bertz CT molecular complexity index is 1610. The first-order valence-electron chi connectivity index (χ1n) is 15.0. The highest BCUT2D eigenvalue weighted by Gasteiger charge is 2.42. The van der Waals surface area contributed by atoms with Crippen LogP contribution in [0.1, 0.15) is 36.1 Å². The number of nitrogens with zero attached hydrogens (tertiary/aromatic N) is 4. The van der Waals surface area contributed by atoms with E-state index in [0.717, 1.165) is 23.0 Å². The van der Waals surface area contributed by atoms with E-state index in [1.807, 2.05) is 16.7 Å². The van der Waals surface area contributed by atoms with Crippen molar-refractivity contribution in [3.05, 3.63) is 76.7 Å². The molecular formula is C33H35F7N4O2S. The maximum Gasteiger partial charge on any atom is 0.416 e. The van der Waals surface area contributed by atoms with Gasteiger partial charge in [-0.25, -0.2) is 9.37 Å². The number of pyridine rings is 1. The molecule has 1 amide bonds. The van der Waals surface area contributed by atoms with Crippen LogP contribution in [0.15, 0.2) is 48.7 Å². The van der Waals surface area contributed by atoms with Gasteiger partial charge in [0.15, 0.2) is 0 Å². The van der Waals surface area contributed by atoms with Crippen molar-refractivity contribution in [2.24, 2.45) is 0 Å². The van der Waals surface area contributed by atoms with Gasteiger partial charge in [-0.3, -0.25) is 9.69 Å². The van der Waals surface area contributed by atoms with Crippen LogP contribution in [0.4, 0.5) is 42.2 Å². The summed E-state index contributed by atoms with van der Waals surface area (Å²) >= 11 is 1.85. The lowest BCUT2D eigenvalue weighted by atomic mass is 9.81. The van der Waals surface area contributed by atoms with Gasteiger partial charge in [-0.15, -0.1) is 0 Å². The first kappa shape index (κ1) is 35.0. The van der Waals surface area contributed by atoms with E-state index in [-0.39, 0.29) is 30.4 Å². The van der Waals surface area contributed by atoms with Gasteiger partial charge in [-0.1, -0.05) is 6.07 Å². The minimum absolute atomic E-state index is 0.0251. The number of hydrogen-bond donors (Lipinski definition) is 1. The fourth-order valence-corrected chi connectivity index (χ4v) is 7.37. The summed E-state index contributed by atoms with van der Waals surface area (Å²) in [5, 5.41) is 10.3. The number of anilines is 2. The zero-order valence-electron chi connectivity index (χ0n) is 26.2. The second-order valence-electron chi connectivity index (χ2n) is 12.5. The number of fused-ring (bicyclic) bond motifs is 1. The van der Waals surface area contributed by atoms with E-state index in [2.05, 4.69) is 9.88 Å². The van der Waals surface area contributed by atoms with E-state index in [4.69, 9.17) is 0 Å². The van der Waals surface area contributed by atoms with Gasteiger partial charge in [0.1, 0.15) is 11.6 Å². The van der Waals surface area contributed by atoms with E-state index < -0.39 is 46.2 Å². The average Bonchev–Trinajstić information content (AvgIpc) is 3.02. The summed E-state index contributed by atoms with van der Waals surface area (Å²) in [6, 6.07) is 6.96. The van der Waals surface area contributed by atoms with Crippen LogP contribution in [0.3, 0.4) is 0 Å². The first-order valence-corrected chi connectivity index (χ1v) is 16.1. The van der Waals surface area contributed by atoms with Crippen LogP contribution < -0.4 is 9.80 Å². The van der Waals surface area contributed by atoms with Crippen LogP contribution in [0.5, 0.6) is 0 Å². The summed E-state index contributed by atoms with van der Waals surface area (Å²) < 4.78 is 96.2. The van der Waals surface area contributed by atoms with Crippen molar-refractivity contribution in [1.82, 2.24) is 9.88 Å². The number of carbonyl (C=O) groups excluding carboxylic acids is 1. The fourth-order valence-electron chi connectivity index (χ4n) is 6.25. The van der Waals surface area contributed by atoms with Gasteiger partial charge in [0.05, 0.1) is 41.1 Å². The van der Waals surface area contributed by atoms with E-state index in [9.17, 15) is 40.6 Å². The van der Waals surface area contributed by atoms with Gasteiger partial charge in [0.25, 0.3) is 0 Å². The number of alkyl halides is 6. The molecule has 0 aliphatic carbocycles. The third kappa shape index (κ3) is 7.09. The Morgan fingerprint density at radius 1 is 0.979 bits per heavy atom. The van der Waals surface area contributed by atoms with Gasteiger partial charge in [0, 0.05) is 49.8 Å². The van der Waals surface area contributed by atoms with Gasteiger partial charge < -0.3 is 14.9 Å². The van der Waals surface area contributed by atoms with Crippen LogP contribution in [-0.2, 0) is 22.6 Å². The lowest BCUT2D eigenvalue weighted by molar-refractivity contribution is -0.143. The Kier molecular flexibility index (Phi) is 9.61. The predicted octanol–water partition coefficient (Wildman–Crippen LogP) is 6.77. The molecule has 5 rings (SSSR count). The molecule has 2 saturated heterocycles. The summed E-state index contributed by atoms with van der Waals surface area (Å²) in [5.41, 5.74) is -3.59. The molecule has 2 aliphatic rings. The molecule has 2 fully saturated rings.